The molecule has 0 unspecified atom stereocenters. The number of rotatable bonds is 12. The lowest BCUT2D eigenvalue weighted by Crippen LogP contribution is -2.48. The maximum atomic E-state index is 12.5. The summed E-state index contributed by atoms with van der Waals surface area (Å²) < 4.78 is 31.5. The van der Waals surface area contributed by atoms with Gasteiger partial charge in [-0.1, -0.05) is 12.1 Å². The summed E-state index contributed by atoms with van der Waals surface area (Å²) in [6.07, 6.45) is -1.53. The van der Waals surface area contributed by atoms with Crippen LogP contribution in [-0.2, 0) is 28.5 Å². The fraction of sp³-hybridized carbons (Fsp3) is 0.619. The number of carbonyl (C=O) groups is 2. The zero-order valence-electron chi connectivity index (χ0n) is 18.6. The molecule has 0 bridgehead atoms. The van der Waals surface area contributed by atoms with Crippen molar-refractivity contribution >= 4 is 12.1 Å². The number of amides is 1. The molecule has 1 aromatic rings. The van der Waals surface area contributed by atoms with Crippen molar-refractivity contribution in [1.82, 2.24) is 5.32 Å². The molecule has 2 atom stereocenters. The Labute approximate surface area is 177 Å². The third-order valence-electron chi connectivity index (χ3n) is 3.72. The summed E-state index contributed by atoms with van der Waals surface area (Å²) in [5.41, 5.74) is -0.0600. The number of hydrogen-bond acceptors (Lipinski definition) is 8. The van der Waals surface area contributed by atoms with E-state index >= 15 is 0 Å². The Morgan fingerprint density at radius 3 is 2.27 bits per heavy atom. The second-order valence-electron chi connectivity index (χ2n) is 7.26. The van der Waals surface area contributed by atoms with E-state index in [0.29, 0.717) is 24.5 Å². The first kappa shape index (κ1) is 25.7. The van der Waals surface area contributed by atoms with Crippen LogP contribution in [0.5, 0.6) is 5.75 Å². The first-order chi connectivity index (χ1) is 14.2. The van der Waals surface area contributed by atoms with Crippen molar-refractivity contribution in [2.45, 2.75) is 45.4 Å². The summed E-state index contributed by atoms with van der Waals surface area (Å²) >= 11 is 0. The van der Waals surface area contributed by atoms with Crippen molar-refractivity contribution in [3.63, 3.8) is 0 Å². The van der Waals surface area contributed by atoms with Crippen LogP contribution in [0, 0.1) is 0 Å². The highest BCUT2D eigenvalue weighted by Gasteiger charge is 2.34. The summed E-state index contributed by atoms with van der Waals surface area (Å²) in [7, 11) is 3.04. The summed E-state index contributed by atoms with van der Waals surface area (Å²) in [6, 6.07) is 5.82. The first-order valence-electron chi connectivity index (χ1n) is 9.70. The molecule has 0 fully saturated rings. The lowest BCUT2D eigenvalue weighted by molar-refractivity contribution is -0.149. The average Bonchev–Trinajstić information content (AvgIpc) is 2.67. The molecule has 0 aliphatic rings. The Kier molecular flexibility index (Phi) is 11.2. The molecule has 1 N–H and O–H groups in total. The highest BCUT2D eigenvalue weighted by atomic mass is 16.7. The molecular weight excluding hydrogens is 394 g/mol. The normalized spacial score (nSPS) is 13.3. The molecule has 0 spiro atoms. The largest absolute Gasteiger partial charge is 0.468 e. The minimum Gasteiger partial charge on any atom is -0.468 e. The monoisotopic (exact) mass is 427 g/mol. The molecule has 30 heavy (non-hydrogen) atoms. The number of ether oxygens (including phenoxy) is 6. The van der Waals surface area contributed by atoms with Gasteiger partial charge in [-0.15, -0.1) is 0 Å². The fourth-order valence-electron chi connectivity index (χ4n) is 2.45. The minimum atomic E-state index is -1.09. The van der Waals surface area contributed by atoms with E-state index in [0.717, 1.165) is 0 Å². The molecule has 0 saturated carbocycles. The molecule has 0 heterocycles. The van der Waals surface area contributed by atoms with Gasteiger partial charge in [-0.05, 0) is 45.4 Å². The van der Waals surface area contributed by atoms with Crippen LogP contribution >= 0.6 is 0 Å². The lowest BCUT2D eigenvalue weighted by Gasteiger charge is -2.27. The van der Waals surface area contributed by atoms with Crippen molar-refractivity contribution in [2.75, 3.05) is 40.8 Å². The predicted molar refractivity (Wildman–Crippen MR) is 109 cm³/mol. The van der Waals surface area contributed by atoms with Crippen LogP contribution < -0.4 is 10.1 Å². The Hall–Kier alpha value is -2.36. The van der Waals surface area contributed by atoms with E-state index in [1.165, 1.54) is 7.11 Å². The highest BCUT2D eigenvalue weighted by Crippen LogP contribution is 2.25. The van der Waals surface area contributed by atoms with E-state index in [1.54, 1.807) is 59.1 Å². The number of carbonyl (C=O) groups excluding carboxylic acids is 2. The number of hydrogen-bond donors (Lipinski definition) is 1. The van der Waals surface area contributed by atoms with E-state index in [2.05, 4.69) is 5.32 Å². The van der Waals surface area contributed by atoms with E-state index in [9.17, 15) is 9.59 Å². The Morgan fingerprint density at radius 2 is 1.73 bits per heavy atom. The predicted octanol–water partition coefficient (Wildman–Crippen LogP) is 2.83. The maximum absolute atomic E-state index is 12.5. The van der Waals surface area contributed by atoms with Gasteiger partial charge in [0.25, 0.3) is 0 Å². The molecule has 1 rings (SSSR count). The summed E-state index contributed by atoms with van der Waals surface area (Å²) in [6.45, 7) is 8.05. The third-order valence-corrected chi connectivity index (χ3v) is 3.72. The molecule has 0 aliphatic carbocycles. The van der Waals surface area contributed by atoms with Crippen LogP contribution in [0.1, 0.15) is 39.4 Å². The first-order valence-corrected chi connectivity index (χ1v) is 9.70. The zero-order valence-corrected chi connectivity index (χ0v) is 18.6. The van der Waals surface area contributed by atoms with Crippen LogP contribution in [0.25, 0.3) is 0 Å². The summed E-state index contributed by atoms with van der Waals surface area (Å²) in [5.74, 6) is -0.0408. The quantitative estimate of drug-likeness (QED) is 0.309. The van der Waals surface area contributed by atoms with Gasteiger partial charge >= 0.3 is 12.1 Å². The van der Waals surface area contributed by atoms with Crippen molar-refractivity contribution in [3.8, 4) is 5.75 Å². The molecule has 9 nitrogen and oxygen atoms in total. The average molecular weight is 427 g/mol. The van der Waals surface area contributed by atoms with E-state index in [1.807, 2.05) is 0 Å². The fourth-order valence-corrected chi connectivity index (χ4v) is 2.45. The van der Waals surface area contributed by atoms with Gasteiger partial charge < -0.3 is 33.7 Å². The molecule has 170 valence electrons. The number of alkyl carbamates (subject to hydrolysis) is 1. The van der Waals surface area contributed by atoms with Gasteiger partial charge in [-0.3, -0.25) is 0 Å². The summed E-state index contributed by atoms with van der Waals surface area (Å²) in [5, 5.41) is 2.55. The molecule has 0 radical (unpaired) electrons. The topological polar surface area (TPSA) is 102 Å². The SMILES string of the molecule is CCOC(=O)[C@@H](NC(=O)OC(C)(C)C)[C@H](OC)c1ccc(OCOCCOC)cc1. The Balaban J connectivity index is 2.88. The second-order valence-corrected chi connectivity index (χ2v) is 7.26. The van der Waals surface area contributed by atoms with Crippen LogP contribution in [0.2, 0.25) is 0 Å². The Bertz CT molecular complexity index is 641. The molecule has 0 saturated heterocycles. The smallest absolute Gasteiger partial charge is 0.408 e. The van der Waals surface area contributed by atoms with Gasteiger partial charge in [0.1, 0.15) is 17.5 Å². The molecular formula is C21H33NO8. The van der Waals surface area contributed by atoms with Crippen molar-refractivity contribution in [1.29, 1.82) is 0 Å². The van der Waals surface area contributed by atoms with E-state index < -0.39 is 29.8 Å². The van der Waals surface area contributed by atoms with Crippen molar-refractivity contribution < 1.29 is 38.0 Å². The van der Waals surface area contributed by atoms with E-state index in [-0.39, 0.29) is 13.4 Å². The van der Waals surface area contributed by atoms with Gasteiger partial charge in [0.2, 0.25) is 0 Å². The Morgan fingerprint density at radius 1 is 1.07 bits per heavy atom. The molecule has 9 heteroatoms. The lowest BCUT2D eigenvalue weighted by atomic mass is 10.0. The van der Waals surface area contributed by atoms with Gasteiger partial charge in [-0.25, -0.2) is 9.59 Å². The highest BCUT2D eigenvalue weighted by molar-refractivity contribution is 5.82. The van der Waals surface area contributed by atoms with Gasteiger partial charge in [0.15, 0.2) is 12.8 Å². The molecule has 1 aromatic carbocycles. The third kappa shape index (κ3) is 9.43. The maximum Gasteiger partial charge on any atom is 0.408 e. The zero-order chi connectivity index (χ0) is 22.6. The van der Waals surface area contributed by atoms with Crippen LogP contribution in [0.4, 0.5) is 4.79 Å². The molecule has 0 aromatic heterocycles. The van der Waals surface area contributed by atoms with Crippen molar-refractivity contribution in [3.05, 3.63) is 29.8 Å². The van der Waals surface area contributed by atoms with E-state index in [4.69, 9.17) is 28.4 Å². The van der Waals surface area contributed by atoms with Crippen LogP contribution in [0.3, 0.4) is 0 Å². The standard InChI is InChI=1S/C21H33NO8/c1-7-28-19(23)17(22-20(24)30-21(2,3)4)18(26-6)15-8-10-16(11-9-15)29-14-27-13-12-25-5/h8-11,17-18H,7,12-14H2,1-6H3,(H,22,24)/t17-,18+/m0/s1. The number of methoxy groups -OCH3 is 2. The number of esters is 1. The second kappa shape index (κ2) is 13.0. The van der Waals surface area contributed by atoms with Crippen LogP contribution in [-0.4, -0.2) is 64.5 Å². The number of benzene rings is 1. The minimum absolute atomic E-state index is 0.0854. The van der Waals surface area contributed by atoms with Crippen LogP contribution in [0.15, 0.2) is 24.3 Å². The molecule has 1 amide bonds. The molecule has 0 aliphatic heterocycles. The van der Waals surface area contributed by atoms with Gasteiger partial charge in [0.05, 0.1) is 19.8 Å². The summed E-state index contributed by atoms with van der Waals surface area (Å²) in [4.78, 5) is 24.7. The van der Waals surface area contributed by atoms with Crippen molar-refractivity contribution in [2.24, 2.45) is 0 Å². The van der Waals surface area contributed by atoms with Gasteiger partial charge in [-0.2, -0.15) is 0 Å². The van der Waals surface area contributed by atoms with Gasteiger partial charge in [0, 0.05) is 14.2 Å². The number of nitrogens with one attached hydrogen (secondary N) is 1.